The third-order valence-corrected chi connectivity index (χ3v) is 7.62. The summed E-state index contributed by atoms with van der Waals surface area (Å²) in [5.74, 6) is -11.3. The fourth-order valence-corrected chi connectivity index (χ4v) is 5.89. The minimum Gasteiger partial charge on any atom is -0.507 e. The Morgan fingerprint density at radius 2 is 1.66 bits per heavy atom. The van der Waals surface area contributed by atoms with E-state index in [0.29, 0.717) is 5.56 Å². The van der Waals surface area contributed by atoms with Crippen LogP contribution < -0.4 is 5.73 Å². The number of carbonyl (C=O) groups is 5. The third-order valence-electron chi connectivity index (χ3n) is 7.62. The Balaban J connectivity index is 1.54. The van der Waals surface area contributed by atoms with Gasteiger partial charge >= 0.3 is 0 Å². The minimum absolute atomic E-state index is 0.0225. The topological polar surface area (TPSA) is 197 Å². The van der Waals surface area contributed by atoms with Crippen molar-refractivity contribution >= 4 is 29.0 Å². The number of aromatic nitrogens is 1. The summed E-state index contributed by atoms with van der Waals surface area (Å²) in [6, 6.07) is 5.64. The molecule has 2 aromatic rings. The maximum atomic E-state index is 13.5. The van der Waals surface area contributed by atoms with Gasteiger partial charge in [-0.2, -0.15) is 0 Å². The van der Waals surface area contributed by atoms with Gasteiger partial charge in [0, 0.05) is 30.0 Å². The zero-order chi connectivity index (χ0) is 25.4. The van der Waals surface area contributed by atoms with Gasteiger partial charge < -0.3 is 26.2 Å². The summed E-state index contributed by atoms with van der Waals surface area (Å²) in [7, 11) is 0. The molecular weight excluding hydrogens is 460 g/mol. The first-order valence-electron chi connectivity index (χ1n) is 11.0. The van der Waals surface area contributed by atoms with Crippen molar-refractivity contribution < 1.29 is 44.4 Å². The Labute approximate surface area is 197 Å². The molecule has 182 valence electrons. The molecule has 3 aliphatic rings. The van der Waals surface area contributed by atoms with Crippen LogP contribution in [0.1, 0.15) is 34.3 Å². The first-order valence-corrected chi connectivity index (χ1v) is 11.0. The van der Waals surface area contributed by atoms with Crippen LogP contribution in [0.4, 0.5) is 0 Å². The lowest BCUT2D eigenvalue weighted by molar-refractivity contribution is -0.175. The molecule has 11 nitrogen and oxygen atoms in total. The highest BCUT2D eigenvalue weighted by Gasteiger charge is 2.66. The standard InChI is InChI=1S/C24H22N2O9/c25-23(34)18-13(27)7-12-6-11-5-9-1-2-10(8-26-14(28)3-4-15(26)29)19(30)16(9)20(31)17(11)21(32)24(12,35)22(18)33/h1-4,11-12,17-18,28-30,35H,5-8H2,(H2,25,34)/t11?,12?,17?,18?,24-/m0/s1. The maximum Gasteiger partial charge on any atom is 0.235 e. The fourth-order valence-electron chi connectivity index (χ4n) is 5.89. The predicted octanol–water partition coefficient (Wildman–Crippen LogP) is -0.412. The quantitative estimate of drug-likeness (QED) is 0.361. The summed E-state index contributed by atoms with van der Waals surface area (Å²) in [5.41, 5.74) is 2.97. The van der Waals surface area contributed by atoms with E-state index in [0.717, 1.165) is 4.57 Å². The van der Waals surface area contributed by atoms with E-state index in [1.54, 1.807) is 6.07 Å². The van der Waals surface area contributed by atoms with Crippen molar-refractivity contribution in [2.75, 3.05) is 0 Å². The number of phenolic OH excluding ortho intramolecular Hbond substituents is 1. The number of nitrogens with two attached hydrogens (primary N) is 1. The number of ketones is 4. The molecule has 0 aliphatic heterocycles. The first-order chi connectivity index (χ1) is 16.5. The van der Waals surface area contributed by atoms with E-state index < -0.39 is 64.1 Å². The number of carbonyl (C=O) groups excluding carboxylic acids is 5. The Hall–Kier alpha value is -3.99. The normalized spacial score (nSPS) is 30.0. The van der Waals surface area contributed by atoms with Gasteiger partial charge in [-0.05, 0) is 24.3 Å². The average molecular weight is 482 g/mol. The van der Waals surface area contributed by atoms with Gasteiger partial charge in [0.1, 0.15) is 5.75 Å². The Morgan fingerprint density at radius 1 is 1.00 bits per heavy atom. The SMILES string of the molecule is NC(=O)C1C(=O)CC2CC3Cc4ccc(Cn5c(O)ccc5O)c(O)c4C(=O)C3C(=O)[C@]2(O)C1=O. The summed E-state index contributed by atoms with van der Waals surface area (Å²) in [6.07, 6.45) is -0.186. The van der Waals surface area contributed by atoms with Crippen molar-refractivity contribution in [1.29, 1.82) is 0 Å². The lowest BCUT2D eigenvalue weighted by atomic mass is 9.54. The molecule has 0 saturated heterocycles. The zero-order valence-electron chi connectivity index (χ0n) is 18.3. The number of hydrogen-bond acceptors (Lipinski definition) is 9. The number of phenols is 1. The van der Waals surface area contributed by atoms with Gasteiger partial charge in [-0.1, -0.05) is 12.1 Å². The van der Waals surface area contributed by atoms with Crippen LogP contribution in [0.2, 0.25) is 0 Å². The molecule has 35 heavy (non-hydrogen) atoms. The fraction of sp³-hybridized carbons (Fsp3) is 0.375. The summed E-state index contributed by atoms with van der Waals surface area (Å²) in [4.78, 5) is 63.9. The molecule has 4 unspecified atom stereocenters. The molecule has 1 aromatic heterocycles. The van der Waals surface area contributed by atoms with Crippen molar-refractivity contribution in [1.82, 2.24) is 4.57 Å². The number of fused-ring (bicyclic) bond motifs is 3. The first kappa shape index (κ1) is 22.8. The maximum absolute atomic E-state index is 13.5. The second kappa shape index (κ2) is 7.51. The van der Waals surface area contributed by atoms with Crippen LogP contribution in [0.25, 0.3) is 0 Å². The lowest BCUT2D eigenvalue weighted by Gasteiger charge is -2.48. The summed E-state index contributed by atoms with van der Waals surface area (Å²) < 4.78 is 1.10. The number of primary amides is 1. The molecule has 3 aliphatic carbocycles. The third kappa shape index (κ3) is 3.04. The summed E-state index contributed by atoms with van der Waals surface area (Å²) in [6.45, 7) is -0.175. The van der Waals surface area contributed by atoms with E-state index in [1.807, 2.05) is 0 Å². The molecule has 2 fully saturated rings. The molecule has 1 heterocycles. The van der Waals surface area contributed by atoms with Gasteiger partial charge in [-0.25, -0.2) is 0 Å². The molecule has 2 saturated carbocycles. The number of rotatable bonds is 3. The molecular formula is C24H22N2O9. The largest absolute Gasteiger partial charge is 0.507 e. The highest BCUT2D eigenvalue weighted by atomic mass is 16.3. The molecule has 1 amide bonds. The second-order valence-electron chi connectivity index (χ2n) is 9.48. The number of Topliss-reactive ketones (excluding diaryl/α,β-unsaturated/α-hetero) is 4. The van der Waals surface area contributed by atoms with E-state index in [1.165, 1.54) is 18.2 Å². The van der Waals surface area contributed by atoms with Crippen molar-refractivity contribution in [3.8, 4) is 17.5 Å². The van der Waals surface area contributed by atoms with Crippen LogP contribution in [0.15, 0.2) is 24.3 Å². The van der Waals surface area contributed by atoms with E-state index >= 15 is 0 Å². The molecule has 5 atom stereocenters. The summed E-state index contributed by atoms with van der Waals surface area (Å²) >= 11 is 0. The number of nitrogens with zero attached hydrogens (tertiary/aromatic N) is 1. The van der Waals surface area contributed by atoms with E-state index in [9.17, 15) is 44.4 Å². The number of amides is 1. The van der Waals surface area contributed by atoms with Gasteiger partial charge in [0.15, 0.2) is 46.4 Å². The number of benzene rings is 1. The van der Waals surface area contributed by atoms with Crippen molar-refractivity contribution in [2.45, 2.75) is 31.4 Å². The highest BCUT2D eigenvalue weighted by molar-refractivity contribution is 6.31. The summed E-state index contributed by atoms with van der Waals surface area (Å²) in [5, 5.41) is 41.9. The second-order valence-corrected chi connectivity index (χ2v) is 9.48. The molecule has 5 rings (SSSR count). The van der Waals surface area contributed by atoms with Crippen LogP contribution in [0.3, 0.4) is 0 Å². The van der Waals surface area contributed by atoms with Gasteiger partial charge in [-0.3, -0.25) is 28.5 Å². The van der Waals surface area contributed by atoms with Gasteiger partial charge in [0.2, 0.25) is 5.91 Å². The van der Waals surface area contributed by atoms with Gasteiger partial charge in [0.25, 0.3) is 0 Å². The number of aliphatic hydroxyl groups is 1. The highest BCUT2D eigenvalue weighted by Crippen LogP contribution is 2.50. The molecule has 6 N–H and O–H groups in total. The van der Waals surface area contributed by atoms with Crippen molar-refractivity contribution in [3.05, 3.63) is 41.0 Å². The predicted molar refractivity (Wildman–Crippen MR) is 115 cm³/mol. The Bertz CT molecular complexity index is 1320. The van der Waals surface area contributed by atoms with Gasteiger partial charge in [-0.15, -0.1) is 0 Å². The average Bonchev–Trinajstić information content (AvgIpc) is 3.09. The lowest BCUT2D eigenvalue weighted by Crippen LogP contribution is -2.68. The number of aromatic hydroxyl groups is 3. The Morgan fingerprint density at radius 3 is 2.29 bits per heavy atom. The number of hydrogen-bond donors (Lipinski definition) is 5. The molecule has 11 heteroatoms. The van der Waals surface area contributed by atoms with E-state index in [4.69, 9.17) is 5.73 Å². The smallest absolute Gasteiger partial charge is 0.235 e. The van der Waals surface area contributed by atoms with Crippen LogP contribution in [0, 0.1) is 23.7 Å². The minimum atomic E-state index is -2.70. The van der Waals surface area contributed by atoms with Crippen molar-refractivity contribution in [2.24, 2.45) is 29.4 Å². The van der Waals surface area contributed by atoms with Crippen LogP contribution >= 0.6 is 0 Å². The van der Waals surface area contributed by atoms with E-state index in [2.05, 4.69) is 0 Å². The molecule has 0 radical (unpaired) electrons. The van der Waals surface area contributed by atoms with Crippen molar-refractivity contribution in [3.63, 3.8) is 0 Å². The zero-order valence-corrected chi connectivity index (χ0v) is 18.3. The molecule has 1 aromatic carbocycles. The monoisotopic (exact) mass is 482 g/mol. The van der Waals surface area contributed by atoms with Gasteiger partial charge in [0.05, 0.1) is 18.0 Å². The van der Waals surface area contributed by atoms with E-state index in [-0.39, 0.29) is 48.7 Å². The van der Waals surface area contributed by atoms with Crippen LogP contribution in [0.5, 0.6) is 17.5 Å². The van der Waals surface area contributed by atoms with Crippen LogP contribution in [-0.4, -0.2) is 59.6 Å². The molecule has 0 bridgehead atoms. The van der Waals surface area contributed by atoms with Crippen LogP contribution in [-0.2, 0) is 32.1 Å². The molecule has 0 spiro atoms. The Kier molecular flexibility index (Phi) is 4.89.